The number of nitrogens with one attached hydrogen (secondary N) is 2. The molecule has 5 nitrogen and oxygen atoms in total. The van der Waals surface area contributed by atoms with Crippen LogP contribution < -0.4 is 10.6 Å². The van der Waals surface area contributed by atoms with Crippen molar-refractivity contribution in [1.29, 1.82) is 0 Å². The van der Waals surface area contributed by atoms with E-state index in [1.807, 2.05) is 13.8 Å². The molecule has 0 heterocycles. The van der Waals surface area contributed by atoms with Gasteiger partial charge in [-0.25, -0.2) is 0 Å². The number of nitrogens with zero attached hydrogens (tertiary/aromatic N) is 1. The topological polar surface area (TPSA) is 61.4 Å². The van der Waals surface area contributed by atoms with Crippen LogP contribution in [0.2, 0.25) is 5.02 Å². The Morgan fingerprint density at radius 1 is 1.25 bits per heavy atom. The maximum Gasteiger partial charge on any atom is 0.255 e. The van der Waals surface area contributed by atoms with Gasteiger partial charge in [-0.3, -0.25) is 9.59 Å². The minimum absolute atomic E-state index is 0. The van der Waals surface area contributed by atoms with Crippen molar-refractivity contribution >= 4 is 41.5 Å². The SMILES string of the molecule is CCN(CC)C(=O)c1ccc(NC(=O)CNCC2CC2)cc1Cl.Cl. The van der Waals surface area contributed by atoms with Gasteiger partial charge in [0.1, 0.15) is 0 Å². The number of hydrogen-bond acceptors (Lipinski definition) is 3. The molecule has 0 spiro atoms. The second kappa shape index (κ2) is 9.87. The summed E-state index contributed by atoms with van der Waals surface area (Å²) in [6.45, 7) is 6.31. The molecule has 24 heavy (non-hydrogen) atoms. The van der Waals surface area contributed by atoms with E-state index in [9.17, 15) is 9.59 Å². The molecule has 2 amide bonds. The second-order valence-corrected chi connectivity index (χ2v) is 6.20. The van der Waals surface area contributed by atoms with Gasteiger partial charge in [-0.05, 0) is 57.4 Å². The van der Waals surface area contributed by atoms with Crippen LogP contribution in [0.4, 0.5) is 5.69 Å². The zero-order chi connectivity index (χ0) is 16.8. The third-order valence-electron chi connectivity index (χ3n) is 3.95. The van der Waals surface area contributed by atoms with Gasteiger partial charge in [-0.1, -0.05) is 11.6 Å². The van der Waals surface area contributed by atoms with E-state index in [-0.39, 0.29) is 30.8 Å². The summed E-state index contributed by atoms with van der Waals surface area (Å²) in [6.07, 6.45) is 2.51. The van der Waals surface area contributed by atoms with E-state index in [0.717, 1.165) is 12.5 Å². The van der Waals surface area contributed by atoms with Crippen molar-refractivity contribution in [2.24, 2.45) is 5.92 Å². The van der Waals surface area contributed by atoms with Crippen molar-refractivity contribution in [2.45, 2.75) is 26.7 Å². The smallest absolute Gasteiger partial charge is 0.255 e. The Hall–Kier alpha value is -1.30. The summed E-state index contributed by atoms with van der Waals surface area (Å²) in [7, 11) is 0. The summed E-state index contributed by atoms with van der Waals surface area (Å²) in [6, 6.07) is 4.99. The highest BCUT2D eigenvalue weighted by Crippen LogP contribution is 2.27. The molecule has 2 N–H and O–H groups in total. The van der Waals surface area contributed by atoms with Gasteiger partial charge in [0.15, 0.2) is 0 Å². The fraction of sp³-hybridized carbons (Fsp3) is 0.529. The minimum atomic E-state index is -0.107. The number of carbonyl (C=O) groups is 2. The third-order valence-corrected chi connectivity index (χ3v) is 4.26. The standard InChI is InChI=1S/C17H24ClN3O2.ClH/c1-3-21(4-2)17(23)14-8-7-13(9-15(14)18)20-16(22)11-19-10-12-5-6-12;/h7-9,12,19H,3-6,10-11H2,1-2H3,(H,20,22);1H. The first-order valence-electron chi connectivity index (χ1n) is 8.14. The molecule has 2 rings (SSSR count). The van der Waals surface area contributed by atoms with E-state index < -0.39 is 0 Å². The van der Waals surface area contributed by atoms with Crippen LogP contribution in [-0.2, 0) is 4.79 Å². The van der Waals surface area contributed by atoms with Crippen LogP contribution in [0.25, 0.3) is 0 Å². The Kier molecular flexibility index (Phi) is 8.53. The lowest BCUT2D eigenvalue weighted by Gasteiger charge is -2.19. The van der Waals surface area contributed by atoms with Crippen LogP contribution in [0.1, 0.15) is 37.0 Å². The maximum atomic E-state index is 12.3. The van der Waals surface area contributed by atoms with Gasteiger partial charge in [-0.15, -0.1) is 12.4 Å². The molecular weight excluding hydrogens is 349 g/mol. The number of anilines is 1. The van der Waals surface area contributed by atoms with Crippen molar-refractivity contribution in [1.82, 2.24) is 10.2 Å². The normalized spacial score (nSPS) is 13.1. The minimum Gasteiger partial charge on any atom is -0.339 e. The predicted molar refractivity (Wildman–Crippen MR) is 100 cm³/mol. The molecule has 0 unspecified atom stereocenters. The molecule has 0 saturated heterocycles. The molecule has 1 aromatic rings. The molecule has 1 saturated carbocycles. The Morgan fingerprint density at radius 3 is 2.46 bits per heavy atom. The number of amides is 2. The number of halogens is 2. The molecule has 0 bridgehead atoms. The van der Waals surface area contributed by atoms with E-state index in [2.05, 4.69) is 10.6 Å². The molecule has 7 heteroatoms. The van der Waals surface area contributed by atoms with Crippen molar-refractivity contribution in [3.63, 3.8) is 0 Å². The maximum absolute atomic E-state index is 12.3. The zero-order valence-electron chi connectivity index (χ0n) is 14.1. The summed E-state index contributed by atoms with van der Waals surface area (Å²) in [5.41, 5.74) is 1.06. The van der Waals surface area contributed by atoms with Crippen LogP contribution in [-0.4, -0.2) is 42.9 Å². The Balaban J connectivity index is 0.00000288. The fourth-order valence-corrected chi connectivity index (χ4v) is 2.63. The first-order chi connectivity index (χ1) is 11.0. The van der Waals surface area contributed by atoms with Crippen LogP contribution in [0.5, 0.6) is 0 Å². The summed E-state index contributed by atoms with van der Waals surface area (Å²) in [5, 5.41) is 6.28. The largest absolute Gasteiger partial charge is 0.339 e. The Morgan fingerprint density at radius 2 is 1.92 bits per heavy atom. The summed E-state index contributed by atoms with van der Waals surface area (Å²) in [5.74, 6) is 0.538. The van der Waals surface area contributed by atoms with Crippen LogP contribution >= 0.6 is 24.0 Å². The highest BCUT2D eigenvalue weighted by Gasteiger charge is 2.20. The van der Waals surface area contributed by atoms with Gasteiger partial charge in [-0.2, -0.15) is 0 Å². The van der Waals surface area contributed by atoms with E-state index in [4.69, 9.17) is 11.6 Å². The zero-order valence-corrected chi connectivity index (χ0v) is 15.7. The molecular formula is C17H25Cl2N3O2. The molecule has 0 radical (unpaired) electrons. The molecule has 1 aromatic carbocycles. The second-order valence-electron chi connectivity index (χ2n) is 5.79. The lowest BCUT2D eigenvalue weighted by atomic mass is 10.1. The van der Waals surface area contributed by atoms with Gasteiger partial charge in [0, 0.05) is 18.8 Å². The average molecular weight is 374 g/mol. The molecule has 0 aromatic heterocycles. The van der Waals surface area contributed by atoms with Crippen LogP contribution in [0.15, 0.2) is 18.2 Å². The number of carbonyl (C=O) groups excluding carboxylic acids is 2. The van der Waals surface area contributed by atoms with E-state index in [1.165, 1.54) is 12.8 Å². The number of rotatable bonds is 8. The Labute approximate surface area is 154 Å². The van der Waals surface area contributed by atoms with E-state index in [0.29, 0.717) is 29.4 Å². The Bertz CT molecular complexity index is 573. The molecule has 1 fully saturated rings. The summed E-state index contributed by atoms with van der Waals surface area (Å²) >= 11 is 6.21. The van der Waals surface area contributed by atoms with Crippen LogP contribution in [0, 0.1) is 5.92 Å². The quantitative estimate of drug-likeness (QED) is 0.735. The van der Waals surface area contributed by atoms with Gasteiger partial charge < -0.3 is 15.5 Å². The number of hydrogen-bond donors (Lipinski definition) is 2. The fourth-order valence-electron chi connectivity index (χ4n) is 2.36. The first kappa shape index (κ1) is 20.7. The predicted octanol–water partition coefficient (Wildman–Crippen LogP) is 3.18. The van der Waals surface area contributed by atoms with E-state index in [1.54, 1.807) is 23.1 Å². The van der Waals surface area contributed by atoms with Crippen molar-refractivity contribution in [3.8, 4) is 0 Å². The molecule has 1 aliphatic rings. The lowest BCUT2D eigenvalue weighted by Crippen LogP contribution is -2.31. The molecule has 1 aliphatic carbocycles. The molecule has 0 atom stereocenters. The van der Waals surface area contributed by atoms with Gasteiger partial charge in [0.25, 0.3) is 5.91 Å². The monoisotopic (exact) mass is 373 g/mol. The molecule has 134 valence electrons. The van der Waals surface area contributed by atoms with Crippen LogP contribution in [0.3, 0.4) is 0 Å². The highest BCUT2D eigenvalue weighted by molar-refractivity contribution is 6.34. The lowest BCUT2D eigenvalue weighted by molar-refractivity contribution is -0.115. The summed E-state index contributed by atoms with van der Waals surface area (Å²) in [4.78, 5) is 25.9. The highest BCUT2D eigenvalue weighted by atomic mass is 35.5. The summed E-state index contributed by atoms with van der Waals surface area (Å²) < 4.78 is 0. The van der Waals surface area contributed by atoms with Gasteiger partial charge in [0.05, 0.1) is 17.1 Å². The van der Waals surface area contributed by atoms with Crippen molar-refractivity contribution in [2.75, 3.05) is 31.5 Å². The van der Waals surface area contributed by atoms with Gasteiger partial charge >= 0.3 is 0 Å². The van der Waals surface area contributed by atoms with Crippen molar-refractivity contribution < 1.29 is 9.59 Å². The van der Waals surface area contributed by atoms with Crippen molar-refractivity contribution in [3.05, 3.63) is 28.8 Å². The third kappa shape index (κ3) is 5.96. The van der Waals surface area contributed by atoms with Gasteiger partial charge in [0.2, 0.25) is 5.91 Å². The van der Waals surface area contributed by atoms with E-state index >= 15 is 0 Å². The first-order valence-corrected chi connectivity index (χ1v) is 8.52. The number of benzene rings is 1. The average Bonchev–Trinajstić information content (AvgIpc) is 3.32. The molecule has 0 aliphatic heterocycles.